The molecule has 3 rings (SSSR count). The van der Waals surface area contributed by atoms with Crippen LogP contribution in [0.15, 0.2) is 18.2 Å². The number of rotatable bonds is 1. The van der Waals surface area contributed by atoms with E-state index in [1.165, 1.54) is 0 Å². The van der Waals surface area contributed by atoms with Crippen LogP contribution in [0, 0.1) is 11.6 Å². The molecule has 0 bridgehead atoms. The van der Waals surface area contributed by atoms with E-state index in [0.29, 0.717) is 5.92 Å². The molecule has 1 nitrogen and oxygen atoms in total. The van der Waals surface area contributed by atoms with Crippen molar-refractivity contribution >= 4 is 22.5 Å². The van der Waals surface area contributed by atoms with Crippen molar-refractivity contribution in [3.05, 3.63) is 40.6 Å². The zero-order valence-electron chi connectivity index (χ0n) is 9.72. The molecule has 0 unspecified atom stereocenters. The molecule has 1 saturated carbocycles. The second-order valence-corrected chi connectivity index (χ2v) is 5.17. The molecule has 0 atom stereocenters. The van der Waals surface area contributed by atoms with Gasteiger partial charge in [0.25, 0.3) is 0 Å². The van der Waals surface area contributed by atoms with E-state index in [4.69, 9.17) is 11.6 Å². The van der Waals surface area contributed by atoms with Crippen LogP contribution in [0.3, 0.4) is 0 Å². The van der Waals surface area contributed by atoms with Crippen molar-refractivity contribution < 1.29 is 8.78 Å². The molecule has 0 N–H and O–H groups in total. The summed E-state index contributed by atoms with van der Waals surface area (Å²) in [5.74, 6) is -0.718. The van der Waals surface area contributed by atoms with Gasteiger partial charge in [0.15, 0.2) is 0 Å². The minimum atomic E-state index is -0.526. The molecule has 1 aromatic carbocycles. The normalized spacial score (nSPS) is 16.6. The zero-order valence-corrected chi connectivity index (χ0v) is 10.5. The van der Waals surface area contributed by atoms with Crippen molar-refractivity contribution in [3.63, 3.8) is 0 Å². The molecule has 0 spiro atoms. The highest BCUT2D eigenvalue weighted by atomic mass is 35.5. The van der Waals surface area contributed by atoms with Gasteiger partial charge in [-0.15, -0.1) is 0 Å². The number of aromatic nitrogens is 1. The molecule has 1 aromatic heterocycles. The molecule has 18 heavy (non-hydrogen) atoms. The van der Waals surface area contributed by atoms with Crippen LogP contribution in [0.5, 0.6) is 0 Å². The fourth-order valence-electron chi connectivity index (χ4n) is 2.67. The molecule has 1 aliphatic rings. The van der Waals surface area contributed by atoms with Crippen LogP contribution in [0.25, 0.3) is 10.9 Å². The maximum absolute atomic E-state index is 13.7. The van der Waals surface area contributed by atoms with Crippen LogP contribution in [0.1, 0.15) is 37.3 Å². The smallest absolute Gasteiger partial charge is 0.149 e. The maximum atomic E-state index is 13.7. The Balaban J connectivity index is 2.23. The summed E-state index contributed by atoms with van der Waals surface area (Å²) < 4.78 is 27.4. The standard InChI is InChI=1S/C14H12ClF2N/c15-9-7-12(8-3-1-2-4-8)18-14-11(17)6-5-10(16)13(9)14/h5-8H,1-4H2. The average molecular weight is 268 g/mol. The summed E-state index contributed by atoms with van der Waals surface area (Å²) >= 11 is 6.07. The van der Waals surface area contributed by atoms with Gasteiger partial charge in [-0.2, -0.15) is 0 Å². The highest BCUT2D eigenvalue weighted by Crippen LogP contribution is 2.36. The number of hydrogen-bond acceptors (Lipinski definition) is 1. The Kier molecular flexibility index (Phi) is 2.94. The summed E-state index contributed by atoms with van der Waals surface area (Å²) in [4.78, 5) is 4.28. The first-order chi connectivity index (χ1) is 8.66. The molecule has 0 aliphatic heterocycles. The average Bonchev–Trinajstić information content (AvgIpc) is 2.87. The first kappa shape index (κ1) is 11.8. The maximum Gasteiger partial charge on any atom is 0.149 e. The fourth-order valence-corrected chi connectivity index (χ4v) is 2.96. The van der Waals surface area contributed by atoms with Crippen LogP contribution in [0.2, 0.25) is 5.02 Å². The number of fused-ring (bicyclic) bond motifs is 1. The van der Waals surface area contributed by atoms with Crippen molar-refractivity contribution in [2.24, 2.45) is 0 Å². The van der Waals surface area contributed by atoms with Gasteiger partial charge >= 0.3 is 0 Å². The summed E-state index contributed by atoms with van der Waals surface area (Å²) in [6.45, 7) is 0. The first-order valence-electron chi connectivity index (χ1n) is 6.11. The second-order valence-electron chi connectivity index (χ2n) is 4.76. The van der Waals surface area contributed by atoms with Crippen molar-refractivity contribution in [2.75, 3.05) is 0 Å². The van der Waals surface area contributed by atoms with Gasteiger partial charge in [0.1, 0.15) is 17.2 Å². The molecule has 94 valence electrons. The Morgan fingerprint density at radius 1 is 1.11 bits per heavy atom. The molecule has 0 amide bonds. The topological polar surface area (TPSA) is 12.9 Å². The van der Waals surface area contributed by atoms with E-state index in [9.17, 15) is 8.78 Å². The Hall–Kier alpha value is -1.22. The van der Waals surface area contributed by atoms with E-state index in [2.05, 4.69) is 4.98 Å². The molecular formula is C14H12ClF2N. The summed E-state index contributed by atoms with van der Waals surface area (Å²) in [5.41, 5.74) is 0.832. The van der Waals surface area contributed by atoms with E-state index in [1.807, 2.05) is 0 Å². The van der Waals surface area contributed by atoms with Gasteiger partial charge in [-0.05, 0) is 31.0 Å². The van der Waals surface area contributed by atoms with E-state index in [0.717, 1.165) is 43.5 Å². The van der Waals surface area contributed by atoms with Gasteiger partial charge in [0, 0.05) is 11.6 Å². The lowest BCUT2D eigenvalue weighted by atomic mass is 10.0. The molecule has 1 heterocycles. The number of benzene rings is 1. The van der Waals surface area contributed by atoms with Crippen molar-refractivity contribution in [1.82, 2.24) is 4.98 Å². The van der Waals surface area contributed by atoms with Gasteiger partial charge in [-0.1, -0.05) is 24.4 Å². The van der Waals surface area contributed by atoms with Crippen molar-refractivity contribution in [3.8, 4) is 0 Å². The van der Waals surface area contributed by atoms with Gasteiger partial charge in [0.05, 0.1) is 10.4 Å². The second kappa shape index (κ2) is 4.47. The quantitative estimate of drug-likeness (QED) is 0.721. The lowest BCUT2D eigenvalue weighted by Crippen LogP contribution is -1.99. The van der Waals surface area contributed by atoms with E-state index in [-0.39, 0.29) is 15.9 Å². The zero-order chi connectivity index (χ0) is 12.7. The van der Waals surface area contributed by atoms with Gasteiger partial charge in [-0.25, -0.2) is 13.8 Å². The number of nitrogens with zero attached hydrogens (tertiary/aromatic N) is 1. The van der Waals surface area contributed by atoms with Crippen LogP contribution < -0.4 is 0 Å². The van der Waals surface area contributed by atoms with E-state index < -0.39 is 11.6 Å². The highest BCUT2D eigenvalue weighted by molar-refractivity contribution is 6.35. The Morgan fingerprint density at radius 3 is 2.50 bits per heavy atom. The van der Waals surface area contributed by atoms with Crippen LogP contribution in [0.4, 0.5) is 8.78 Å². The van der Waals surface area contributed by atoms with Crippen LogP contribution in [-0.2, 0) is 0 Å². The Morgan fingerprint density at radius 2 is 1.78 bits per heavy atom. The third kappa shape index (κ3) is 1.87. The largest absolute Gasteiger partial charge is 0.249 e. The van der Waals surface area contributed by atoms with Crippen LogP contribution in [-0.4, -0.2) is 4.98 Å². The summed E-state index contributed by atoms with van der Waals surface area (Å²) in [5, 5.41) is 0.331. The summed E-state index contributed by atoms with van der Waals surface area (Å²) in [6.07, 6.45) is 4.42. The third-order valence-electron chi connectivity index (χ3n) is 3.61. The lowest BCUT2D eigenvalue weighted by Gasteiger charge is -2.11. The van der Waals surface area contributed by atoms with Crippen LogP contribution >= 0.6 is 11.6 Å². The van der Waals surface area contributed by atoms with Gasteiger partial charge < -0.3 is 0 Å². The third-order valence-corrected chi connectivity index (χ3v) is 3.90. The Labute approximate surface area is 109 Å². The molecule has 1 fully saturated rings. The lowest BCUT2D eigenvalue weighted by molar-refractivity contribution is 0.613. The molecule has 0 saturated heterocycles. The van der Waals surface area contributed by atoms with Gasteiger partial charge in [0.2, 0.25) is 0 Å². The molecule has 2 aromatic rings. The van der Waals surface area contributed by atoms with Crippen molar-refractivity contribution in [2.45, 2.75) is 31.6 Å². The van der Waals surface area contributed by atoms with Crippen molar-refractivity contribution in [1.29, 1.82) is 0 Å². The summed E-state index contributed by atoms with van der Waals surface area (Å²) in [7, 11) is 0. The first-order valence-corrected chi connectivity index (χ1v) is 6.49. The monoisotopic (exact) mass is 267 g/mol. The van der Waals surface area contributed by atoms with E-state index >= 15 is 0 Å². The highest BCUT2D eigenvalue weighted by Gasteiger charge is 2.21. The molecule has 1 aliphatic carbocycles. The number of hydrogen-bond donors (Lipinski definition) is 0. The molecule has 4 heteroatoms. The minimum Gasteiger partial charge on any atom is -0.249 e. The minimum absolute atomic E-state index is 0.0457. The number of halogens is 3. The number of pyridine rings is 1. The SMILES string of the molecule is Fc1ccc(F)c2c(Cl)cc(C3CCCC3)nc12. The Bertz CT molecular complexity index is 606. The summed E-state index contributed by atoms with van der Waals surface area (Å²) in [6, 6.07) is 3.86. The predicted octanol–water partition coefficient (Wildman–Crippen LogP) is 4.82. The van der Waals surface area contributed by atoms with E-state index in [1.54, 1.807) is 6.07 Å². The predicted molar refractivity (Wildman–Crippen MR) is 67.9 cm³/mol. The molecule has 0 radical (unpaired) electrons. The van der Waals surface area contributed by atoms with Gasteiger partial charge in [-0.3, -0.25) is 0 Å². The fraction of sp³-hybridized carbons (Fsp3) is 0.357. The molecular weight excluding hydrogens is 256 g/mol.